The van der Waals surface area contributed by atoms with Gasteiger partial charge in [-0.2, -0.15) is 0 Å². The van der Waals surface area contributed by atoms with Crippen LogP contribution >= 0.6 is 11.3 Å². The van der Waals surface area contributed by atoms with Crippen LogP contribution in [0.5, 0.6) is 0 Å². The Morgan fingerprint density at radius 2 is 2.00 bits per heavy atom. The Labute approximate surface area is 155 Å². The number of halogens is 1. The van der Waals surface area contributed by atoms with Gasteiger partial charge in [-0.3, -0.25) is 4.99 Å². The number of hydrogen-bond donors (Lipinski definition) is 2. The van der Waals surface area contributed by atoms with Crippen molar-refractivity contribution in [2.75, 3.05) is 12.4 Å². The first-order valence-corrected chi connectivity index (χ1v) is 9.02. The van der Waals surface area contributed by atoms with E-state index in [1.807, 2.05) is 12.1 Å². The summed E-state index contributed by atoms with van der Waals surface area (Å²) in [4.78, 5) is 14.0. The quantitative estimate of drug-likeness (QED) is 0.662. The monoisotopic (exact) mass is 369 g/mol. The second kappa shape index (κ2) is 7.61. The summed E-state index contributed by atoms with van der Waals surface area (Å²) in [6.45, 7) is 4.11. The number of pyridine rings is 1. The zero-order chi connectivity index (χ0) is 18.7. The molecule has 134 valence electrons. The minimum Gasteiger partial charge on any atom is -0.398 e. The molecule has 1 aromatic carbocycles. The SMILES string of the molecule is CN=CC(=C(N)c1ccccc1F)c1ccc2nc(NC(C)C)sc2n1. The minimum absolute atomic E-state index is 0.286. The zero-order valence-electron chi connectivity index (χ0n) is 14.8. The maximum absolute atomic E-state index is 14.1. The van der Waals surface area contributed by atoms with Crippen LogP contribution in [0.4, 0.5) is 9.52 Å². The van der Waals surface area contributed by atoms with Crippen molar-refractivity contribution in [3.63, 3.8) is 0 Å². The molecule has 0 aliphatic heterocycles. The number of thiazole rings is 1. The predicted octanol–water partition coefficient (Wildman–Crippen LogP) is 4.18. The lowest BCUT2D eigenvalue weighted by molar-refractivity contribution is 0.624. The summed E-state index contributed by atoms with van der Waals surface area (Å²) in [6.07, 6.45) is 1.60. The third kappa shape index (κ3) is 3.72. The Hall–Kier alpha value is -2.80. The fourth-order valence-electron chi connectivity index (χ4n) is 2.50. The number of benzene rings is 1. The fourth-order valence-corrected chi connectivity index (χ4v) is 3.49. The van der Waals surface area contributed by atoms with E-state index < -0.39 is 0 Å². The Bertz CT molecular complexity index is 991. The van der Waals surface area contributed by atoms with E-state index in [0.29, 0.717) is 22.5 Å². The third-order valence-electron chi connectivity index (χ3n) is 3.66. The van der Waals surface area contributed by atoms with Crippen molar-refractivity contribution in [1.82, 2.24) is 9.97 Å². The van der Waals surface area contributed by atoms with E-state index in [0.717, 1.165) is 15.5 Å². The topological polar surface area (TPSA) is 76.2 Å². The van der Waals surface area contributed by atoms with Crippen LogP contribution in [0.2, 0.25) is 0 Å². The Balaban J connectivity index is 2.11. The van der Waals surface area contributed by atoms with E-state index in [-0.39, 0.29) is 11.9 Å². The molecule has 3 rings (SSSR count). The highest BCUT2D eigenvalue weighted by atomic mass is 32.1. The van der Waals surface area contributed by atoms with Gasteiger partial charge in [-0.15, -0.1) is 0 Å². The zero-order valence-corrected chi connectivity index (χ0v) is 15.6. The lowest BCUT2D eigenvalue weighted by atomic mass is 10.0. The maximum Gasteiger partial charge on any atom is 0.185 e. The lowest BCUT2D eigenvalue weighted by Gasteiger charge is -2.09. The Morgan fingerprint density at radius 3 is 2.69 bits per heavy atom. The summed E-state index contributed by atoms with van der Waals surface area (Å²) < 4.78 is 14.1. The van der Waals surface area contributed by atoms with Gasteiger partial charge in [-0.1, -0.05) is 23.5 Å². The molecule has 2 heterocycles. The van der Waals surface area contributed by atoms with E-state index in [1.54, 1.807) is 31.5 Å². The summed E-state index contributed by atoms with van der Waals surface area (Å²) in [7, 11) is 1.64. The number of rotatable bonds is 5. The summed E-state index contributed by atoms with van der Waals surface area (Å²) in [5.74, 6) is -0.380. The molecule has 2 aromatic heterocycles. The number of anilines is 1. The summed E-state index contributed by atoms with van der Waals surface area (Å²) in [6, 6.07) is 10.4. The first-order valence-electron chi connectivity index (χ1n) is 8.21. The van der Waals surface area contributed by atoms with Crippen LogP contribution in [0.1, 0.15) is 25.1 Å². The van der Waals surface area contributed by atoms with Gasteiger partial charge in [0.05, 0.1) is 11.4 Å². The van der Waals surface area contributed by atoms with Crippen LogP contribution in [-0.2, 0) is 0 Å². The molecule has 0 fully saturated rings. The van der Waals surface area contributed by atoms with Gasteiger partial charge in [0, 0.05) is 30.4 Å². The molecule has 0 amide bonds. The molecular formula is C19H20FN5S. The molecule has 0 aliphatic rings. The van der Waals surface area contributed by atoms with Crippen LogP contribution < -0.4 is 11.1 Å². The first-order chi connectivity index (χ1) is 12.5. The highest BCUT2D eigenvalue weighted by Gasteiger charge is 2.14. The Morgan fingerprint density at radius 1 is 1.23 bits per heavy atom. The van der Waals surface area contributed by atoms with E-state index in [1.165, 1.54) is 17.4 Å². The van der Waals surface area contributed by atoms with Gasteiger partial charge in [0.15, 0.2) is 5.13 Å². The fraction of sp³-hybridized carbons (Fsp3) is 0.211. The molecule has 7 heteroatoms. The van der Waals surface area contributed by atoms with Gasteiger partial charge in [0.2, 0.25) is 0 Å². The highest BCUT2D eigenvalue weighted by Crippen LogP contribution is 2.28. The summed E-state index contributed by atoms with van der Waals surface area (Å²) in [5, 5.41) is 4.10. The van der Waals surface area contributed by atoms with Crippen LogP contribution in [0.15, 0.2) is 41.4 Å². The number of nitrogens with zero attached hydrogens (tertiary/aromatic N) is 3. The van der Waals surface area contributed by atoms with Gasteiger partial charge in [0.1, 0.15) is 16.2 Å². The van der Waals surface area contributed by atoms with Crippen molar-refractivity contribution in [2.24, 2.45) is 10.7 Å². The molecule has 0 bridgehead atoms. The van der Waals surface area contributed by atoms with Gasteiger partial charge in [-0.05, 0) is 38.1 Å². The number of fused-ring (bicyclic) bond motifs is 1. The van der Waals surface area contributed by atoms with E-state index in [2.05, 4.69) is 34.1 Å². The molecule has 5 nitrogen and oxygen atoms in total. The second-order valence-electron chi connectivity index (χ2n) is 6.03. The largest absolute Gasteiger partial charge is 0.398 e. The summed E-state index contributed by atoms with van der Waals surface area (Å²) >= 11 is 1.47. The molecule has 3 N–H and O–H groups in total. The number of nitrogens with two attached hydrogens (primary N) is 1. The van der Waals surface area contributed by atoms with E-state index in [4.69, 9.17) is 5.73 Å². The molecule has 0 radical (unpaired) electrons. The first kappa shape index (κ1) is 18.0. The second-order valence-corrected chi connectivity index (χ2v) is 7.01. The maximum atomic E-state index is 14.1. The number of nitrogens with one attached hydrogen (secondary N) is 1. The van der Waals surface area contributed by atoms with Crippen molar-refractivity contribution >= 4 is 44.3 Å². The molecule has 26 heavy (non-hydrogen) atoms. The average molecular weight is 369 g/mol. The standard InChI is InChI=1S/C19H20FN5S/c1-11(2)23-19-25-16-9-8-15(24-18(16)26-19)13(10-22-3)17(21)12-6-4-5-7-14(12)20/h4-11H,21H2,1-3H3,(H,23,25). The van der Waals surface area contributed by atoms with Gasteiger partial charge in [-0.25, -0.2) is 14.4 Å². The number of aromatic nitrogens is 2. The summed E-state index contributed by atoms with van der Waals surface area (Å²) in [5.41, 5.74) is 8.89. The molecule has 0 saturated carbocycles. The van der Waals surface area contributed by atoms with Crippen molar-refractivity contribution in [3.05, 3.63) is 53.5 Å². The minimum atomic E-state index is -0.380. The van der Waals surface area contributed by atoms with Crippen LogP contribution in [0.3, 0.4) is 0 Å². The van der Waals surface area contributed by atoms with Gasteiger partial charge in [0.25, 0.3) is 0 Å². The van der Waals surface area contributed by atoms with Crippen LogP contribution in [-0.4, -0.2) is 29.3 Å². The molecule has 0 spiro atoms. The van der Waals surface area contributed by atoms with E-state index in [9.17, 15) is 4.39 Å². The van der Waals surface area contributed by atoms with Gasteiger partial charge >= 0.3 is 0 Å². The van der Waals surface area contributed by atoms with Crippen molar-refractivity contribution < 1.29 is 4.39 Å². The van der Waals surface area contributed by atoms with Crippen molar-refractivity contribution in [2.45, 2.75) is 19.9 Å². The highest BCUT2D eigenvalue weighted by molar-refractivity contribution is 7.21. The third-order valence-corrected chi connectivity index (χ3v) is 4.55. The molecule has 0 atom stereocenters. The normalized spacial score (nSPS) is 12.8. The Kier molecular flexibility index (Phi) is 5.27. The van der Waals surface area contributed by atoms with Crippen LogP contribution in [0.25, 0.3) is 21.6 Å². The van der Waals surface area contributed by atoms with Gasteiger partial charge < -0.3 is 11.1 Å². The number of aliphatic imine (C=N–C) groups is 1. The smallest absolute Gasteiger partial charge is 0.185 e. The van der Waals surface area contributed by atoms with E-state index >= 15 is 0 Å². The molecule has 0 aliphatic carbocycles. The average Bonchev–Trinajstić information content (AvgIpc) is 3.00. The molecule has 0 unspecified atom stereocenters. The van der Waals surface area contributed by atoms with Crippen LogP contribution in [0, 0.1) is 5.82 Å². The predicted molar refractivity (Wildman–Crippen MR) is 108 cm³/mol. The lowest BCUT2D eigenvalue weighted by Crippen LogP contribution is -2.08. The molecule has 3 aromatic rings. The number of hydrogen-bond acceptors (Lipinski definition) is 6. The molecular weight excluding hydrogens is 349 g/mol. The molecule has 0 saturated heterocycles. The van der Waals surface area contributed by atoms with Crippen molar-refractivity contribution in [1.29, 1.82) is 0 Å². The van der Waals surface area contributed by atoms with Crippen molar-refractivity contribution in [3.8, 4) is 0 Å². The number of allylic oxidation sites excluding steroid dienone is 1.